The van der Waals surface area contributed by atoms with Crippen LogP contribution in [0.1, 0.15) is 32.8 Å². The third-order valence-corrected chi connectivity index (χ3v) is 3.69. The van der Waals surface area contributed by atoms with E-state index < -0.39 is 0 Å². The van der Waals surface area contributed by atoms with Gasteiger partial charge in [0.1, 0.15) is 5.82 Å². The van der Waals surface area contributed by atoms with E-state index in [1.165, 1.54) is 12.1 Å². The number of benzene rings is 1. The highest BCUT2D eigenvalue weighted by molar-refractivity contribution is 5.79. The smallest absolute Gasteiger partial charge is 0.190 e. The molecule has 0 amide bonds. The van der Waals surface area contributed by atoms with E-state index in [-0.39, 0.29) is 11.9 Å². The van der Waals surface area contributed by atoms with E-state index in [4.69, 9.17) is 4.74 Å². The summed E-state index contributed by atoms with van der Waals surface area (Å²) in [5, 5.41) is 6.58. The van der Waals surface area contributed by atoms with Gasteiger partial charge in [0.15, 0.2) is 5.96 Å². The van der Waals surface area contributed by atoms with Crippen LogP contribution in [-0.2, 0) is 11.2 Å². The molecular weight excluding hydrogens is 293 g/mol. The van der Waals surface area contributed by atoms with Gasteiger partial charge in [-0.3, -0.25) is 4.99 Å². The standard InChI is InChI=1S/C18H30FN3O/c1-5-23-17(14(2)3)11-13-22-18(20-4)21-12-10-15-6-8-16(19)9-7-15/h6-9,14,17H,5,10-13H2,1-4H3,(H2,20,21,22). The summed E-state index contributed by atoms with van der Waals surface area (Å²) >= 11 is 0. The molecule has 2 N–H and O–H groups in total. The van der Waals surface area contributed by atoms with Gasteiger partial charge < -0.3 is 15.4 Å². The second-order valence-corrected chi connectivity index (χ2v) is 5.83. The van der Waals surface area contributed by atoms with E-state index in [1.54, 1.807) is 7.05 Å². The molecule has 0 saturated heterocycles. The monoisotopic (exact) mass is 323 g/mol. The summed E-state index contributed by atoms with van der Waals surface area (Å²) in [7, 11) is 1.76. The van der Waals surface area contributed by atoms with Gasteiger partial charge in [-0.05, 0) is 43.4 Å². The van der Waals surface area contributed by atoms with Gasteiger partial charge in [-0.1, -0.05) is 26.0 Å². The summed E-state index contributed by atoms with van der Waals surface area (Å²) in [5.41, 5.74) is 1.10. The van der Waals surface area contributed by atoms with Gasteiger partial charge in [-0.2, -0.15) is 0 Å². The molecule has 0 aromatic heterocycles. The van der Waals surface area contributed by atoms with Crippen molar-refractivity contribution in [3.8, 4) is 0 Å². The average Bonchev–Trinajstić information content (AvgIpc) is 2.54. The van der Waals surface area contributed by atoms with E-state index in [0.29, 0.717) is 5.92 Å². The summed E-state index contributed by atoms with van der Waals surface area (Å²) in [6.45, 7) is 8.70. The minimum absolute atomic E-state index is 0.201. The highest BCUT2D eigenvalue weighted by Crippen LogP contribution is 2.09. The Bertz CT molecular complexity index is 460. The first-order valence-electron chi connectivity index (χ1n) is 8.37. The molecule has 1 atom stereocenters. The molecular formula is C18H30FN3O. The molecule has 0 radical (unpaired) electrons. The van der Waals surface area contributed by atoms with Crippen LogP contribution in [0.15, 0.2) is 29.3 Å². The SMILES string of the molecule is CCOC(CCNC(=NC)NCCc1ccc(F)cc1)C(C)C. The molecule has 0 aliphatic carbocycles. The van der Waals surface area contributed by atoms with E-state index in [1.807, 2.05) is 19.1 Å². The Labute approximate surface area is 139 Å². The zero-order valence-electron chi connectivity index (χ0n) is 14.7. The molecule has 5 heteroatoms. The lowest BCUT2D eigenvalue weighted by atomic mass is 10.0. The molecule has 1 aromatic carbocycles. The first-order valence-corrected chi connectivity index (χ1v) is 8.37. The molecule has 4 nitrogen and oxygen atoms in total. The summed E-state index contributed by atoms with van der Waals surface area (Å²) in [4.78, 5) is 4.21. The maximum absolute atomic E-state index is 12.9. The van der Waals surface area contributed by atoms with Crippen molar-refractivity contribution in [3.05, 3.63) is 35.6 Å². The molecule has 0 aliphatic heterocycles. The van der Waals surface area contributed by atoms with Gasteiger partial charge in [0.25, 0.3) is 0 Å². The summed E-state index contributed by atoms with van der Waals surface area (Å²) in [6, 6.07) is 6.59. The molecule has 0 saturated carbocycles. The number of halogens is 1. The van der Waals surface area contributed by atoms with Crippen molar-refractivity contribution < 1.29 is 9.13 Å². The van der Waals surface area contributed by atoms with Crippen LogP contribution >= 0.6 is 0 Å². The maximum Gasteiger partial charge on any atom is 0.190 e. The molecule has 1 aromatic rings. The van der Waals surface area contributed by atoms with Gasteiger partial charge in [-0.25, -0.2) is 4.39 Å². The van der Waals surface area contributed by atoms with Crippen molar-refractivity contribution in [2.45, 2.75) is 39.7 Å². The van der Waals surface area contributed by atoms with Gasteiger partial charge in [-0.15, -0.1) is 0 Å². The van der Waals surface area contributed by atoms with E-state index in [2.05, 4.69) is 29.5 Å². The molecule has 0 aliphatic rings. The van der Waals surface area contributed by atoms with Crippen molar-refractivity contribution >= 4 is 5.96 Å². The van der Waals surface area contributed by atoms with Gasteiger partial charge in [0.2, 0.25) is 0 Å². The Kier molecular flexibility index (Phi) is 9.29. The molecule has 1 rings (SSSR count). The lowest BCUT2D eigenvalue weighted by molar-refractivity contribution is 0.0258. The molecule has 130 valence electrons. The van der Waals surface area contributed by atoms with Crippen LogP contribution in [0.25, 0.3) is 0 Å². The third-order valence-electron chi connectivity index (χ3n) is 3.69. The fourth-order valence-electron chi connectivity index (χ4n) is 2.35. The number of aliphatic imine (C=N–C) groups is 1. The highest BCUT2D eigenvalue weighted by atomic mass is 19.1. The summed E-state index contributed by atoms with van der Waals surface area (Å²) < 4.78 is 18.6. The average molecular weight is 323 g/mol. The number of guanidine groups is 1. The van der Waals surface area contributed by atoms with Crippen molar-refractivity contribution in [1.82, 2.24) is 10.6 Å². The normalized spacial score (nSPS) is 13.2. The Morgan fingerprint density at radius 3 is 2.39 bits per heavy atom. The second-order valence-electron chi connectivity index (χ2n) is 5.83. The minimum Gasteiger partial charge on any atom is -0.378 e. The highest BCUT2D eigenvalue weighted by Gasteiger charge is 2.12. The van der Waals surface area contributed by atoms with E-state index in [9.17, 15) is 4.39 Å². The Balaban J connectivity index is 2.27. The summed E-state index contributed by atoms with van der Waals surface area (Å²) in [6.07, 6.45) is 2.04. The van der Waals surface area contributed by atoms with Crippen LogP contribution in [0.4, 0.5) is 4.39 Å². The largest absolute Gasteiger partial charge is 0.378 e. The first-order chi connectivity index (χ1) is 11.1. The van der Waals surface area contributed by atoms with Crippen molar-refractivity contribution in [2.24, 2.45) is 10.9 Å². The number of hydrogen-bond acceptors (Lipinski definition) is 2. The van der Waals surface area contributed by atoms with Gasteiger partial charge in [0, 0.05) is 26.7 Å². The molecule has 0 bridgehead atoms. The Morgan fingerprint density at radius 2 is 1.83 bits per heavy atom. The van der Waals surface area contributed by atoms with E-state index in [0.717, 1.165) is 44.1 Å². The van der Waals surface area contributed by atoms with Crippen LogP contribution in [0, 0.1) is 11.7 Å². The van der Waals surface area contributed by atoms with Crippen LogP contribution < -0.4 is 10.6 Å². The maximum atomic E-state index is 12.9. The van der Waals surface area contributed by atoms with Crippen molar-refractivity contribution in [2.75, 3.05) is 26.7 Å². The fraction of sp³-hybridized carbons (Fsp3) is 0.611. The number of hydrogen-bond donors (Lipinski definition) is 2. The van der Waals surface area contributed by atoms with Crippen LogP contribution in [0.5, 0.6) is 0 Å². The van der Waals surface area contributed by atoms with Crippen LogP contribution in [0.2, 0.25) is 0 Å². The minimum atomic E-state index is -0.201. The quantitative estimate of drug-likeness (QED) is 0.542. The first kappa shape index (κ1) is 19.4. The Morgan fingerprint density at radius 1 is 1.17 bits per heavy atom. The lowest BCUT2D eigenvalue weighted by Gasteiger charge is -2.21. The number of ether oxygens (including phenoxy) is 1. The molecule has 23 heavy (non-hydrogen) atoms. The number of nitrogens with one attached hydrogen (secondary N) is 2. The van der Waals surface area contributed by atoms with Crippen LogP contribution in [-0.4, -0.2) is 38.8 Å². The van der Waals surface area contributed by atoms with Crippen molar-refractivity contribution in [1.29, 1.82) is 0 Å². The van der Waals surface area contributed by atoms with Crippen molar-refractivity contribution in [3.63, 3.8) is 0 Å². The molecule has 0 fully saturated rings. The molecule has 0 heterocycles. The van der Waals surface area contributed by atoms with Gasteiger partial charge in [0.05, 0.1) is 6.10 Å². The molecule has 0 spiro atoms. The van der Waals surface area contributed by atoms with Crippen LogP contribution in [0.3, 0.4) is 0 Å². The van der Waals surface area contributed by atoms with Gasteiger partial charge >= 0.3 is 0 Å². The zero-order chi connectivity index (χ0) is 17.1. The third kappa shape index (κ3) is 7.98. The Hall–Kier alpha value is -1.62. The topological polar surface area (TPSA) is 45.6 Å². The second kappa shape index (κ2) is 11.0. The predicted molar refractivity (Wildman–Crippen MR) is 94.3 cm³/mol. The fourth-order valence-corrected chi connectivity index (χ4v) is 2.35. The zero-order valence-corrected chi connectivity index (χ0v) is 14.7. The summed E-state index contributed by atoms with van der Waals surface area (Å²) in [5.74, 6) is 1.09. The number of nitrogens with zero attached hydrogens (tertiary/aromatic N) is 1. The predicted octanol–water partition coefficient (Wildman–Crippen LogP) is 2.98. The lowest BCUT2D eigenvalue weighted by Crippen LogP contribution is -2.40. The van der Waals surface area contributed by atoms with E-state index >= 15 is 0 Å². The molecule has 1 unspecified atom stereocenters. The number of rotatable bonds is 9.